The van der Waals surface area contributed by atoms with Crippen molar-refractivity contribution < 1.29 is 0 Å². The molecule has 1 saturated carbocycles. The third-order valence-corrected chi connectivity index (χ3v) is 3.96. The van der Waals surface area contributed by atoms with Crippen LogP contribution in [-0.4, -0.2) is 16.5 Å². The molecule has 0 bridgehead atoms. The maximum Gasteiger partial charge on any atom is 0.137 e. The number of halogens is 1. The Balaban J connectivity index is 2.06. The van der Waals surface area contributed by atoms with Gasteiger partial charge in [0.2, 0.25) is 0 Å². The van der Waals surface area contributed by atoms with E-state index < -0.39 is 0 Å². The second kappa shape index (κ2) is 5.21. The molecule has 3 nitrogen and oxygen atoms in total. The number of aromatic nitrogens is 2. The molecule has 0 aromatic carbocycles. The average molecular weight is 254 g/mol. The van der Waals surface area contributed by atoms with Crippen LogP contribution in [0.15, 0.2) is 6.33 Å². The van der Waals surface area contributed by atoms with E-state index in [2.05, 4.69) is 29.1 Å². The zero-order valence-corrected chi connectivity index (χ0v) is 11.3. The number of hydrogen-bond acceptors (Lipinski definition) is 3. The van der Waals surface area contributed by atoms with Crippen molar-refractivity contribution in [2.45, 2.75) is 46.0 Å². The van der Waals surface area contributed by atoms with E-state index in [1.54, 1.807) is 0 Å². The molecule has 1 fully saturated rings. The Morgan fingerprint density at radius 2 is 2.18 bits per heavy atom. The SMILES string of the molecule is CCCc1c(Cl)ncnc1NCC1(C)CCC1. The summed E-state index contributed by atoms with van der Waals surface area (Å²) < 4.78 is 0. The van der Waals surface area contributed by atoms with Gasteiger partial charge in [0.1, 0.15) is 17.3 Å². The van der Waals surface area contributed by atoms with Gasteiger partial charge in [-0.3, -0.25) is 0 Å². The van der Waals surface area contributed by atoms with Crippen molar-refractivity contribution in [3.05, 3.63) is 17.0 Å². The quantitative estimate of drug-likeness (QED) is 0.814. The lowest BCUT2D eigenvalue weighted by Gasteiger charge is -2.38. The van der Waals surface area contributed by atoms with Crippen molar-refractivity contribution in [2.75, 3.05) is 11.9 Å². The van der Waals surface area contributed by atoms with Gasteiger partial charge in [0.05, 0.1) is 0 Å². The summed E-state index contributed by atoms with van der Waals surface area (Å²) in [7, 11) is 0. The van der Waals surface area contributed by atoms with Crippen molar-refractivity contribution in [3.8, 4) is 0 Å². The lowest BCUT2D eigenvalue weighted by molar-refractivity contribution is 0.179. The van der Waals surface area contributed by atoms with Crippen LogP contribution in [0.25, 0.3) is 0 Å². The molecule has 0 aliphatic heterocycles. The van der Waals surface area contributed by atoms with Crippen molar-refractivity contribution in [3.63, 3.8) is 0 Å². The number of hydrogen-bond donors (Lipinski definition) is 1. The molecule has 1 heterocycles. The summed E-state index contributed by atoms with van der Waals surface area (Å²) in [5.74, 6) is 0.917. The van der Waals surface area contributed by atoms with Gasteiger partial charge in [0.15, 0.2) is 0 Å². The van der Waals surface area contributed by atoms with Crippen LogP contribution in [0.4, 0.5) is 5.82 Å². The third kappa shape index (κ3) is 2.89. The highest BCUT2D eigenvalue weighted by atomic mass is 35.5. The first-order valence-electron chi connectivity index (χ1n) is 6.38. The van der Waals surface area contributed by atoms with Crippen LogP contribution < -0.4 is 5.32 Å². The Labute approximate surface area is 108 Å². The summed E-state index contributed by atoms with van der Waals surface area (Å²) in [5.41, 5.74) is 1.50. The molecule has 17 heavy (non-hydrogen) atoms. The molecule has 0 amide bonds. The average Bonchev–Trinajstić information content (AvgIpc) is 2.28. The molecule has 0 spiro atoms. The predicted octanol–water partition coefficient (Wildman–Crippen LogP) is 3.68. The molecule has 1 aliphatic carbocycles. The van der Waals surface area contributed by atoms with Gasteiger partial charge in [-0.15, -0.1) is 0 Å². The highest BCUT2D eigenvalue weighted by molar-refractivity contribution is 6.30. The Morgan fingerprint density at radius 3 is 2.76 bits per heavy atom. The second-order valence-electron chi connectivity index (χ2n) is 5.26. The predicted molar refractivity (Wildman–Crippen MR) is 71.5 cm³/mol. The summed E-state index contributed by atoms with van der Waals surface area (Å²) in [6.07, 6.45) is 7.49. The highest BCUT2D eigenvalue weighted by Crippen LogP contribution is 2.40. The fourth-order valence-electron chi connectivity index (χ4n) is 2.27. The van der Waals surface area contributed by atoms with Gasteiger partial charge >= 0.3 is 0 Å². The first kappa shape index (κ1) is 12.6. The Kier molecular flexibility index (Phi) is 3.87. The molecule has 1 aromatic heterocycles. The number of nitrogens with one attached hydrogen (secondary N) is 1. The van der Waals surface area contributed by atoms with E-state index >= 15 is 0 Å². The van der Waals surface area contributed by atoms with Crippen LogP contribution in [0, 0.1) is 5.41 Å². The molecular weight excluding hydrogens is 234 g/mol. The van der Waals surface area contributed by atoms with Gasteiger partial charge in [0.25, 0.3) is 0 Å². The molecule has 0 atom stereocenters. The Hall–Kier alpha value is -0.830. The molecule has 0 saturated heterocycles. The van der Waals surface area contributed by atoms with E-state index in [0.29, 0.717) is 10.6 Å². The van der Waals surface area contributed by atoms with Gasteiger partial charge in [-0.2, -0.15) is 0 Å². The summed E-state index contributed by atoms with van der Waals surface area (Å²) in [4.78, 5) is 8.36. The molecule has 2 rings (SSSR count). The zero-order chi connectivity index (χ0) is 12.3. The van der Waals surface area contributed by atoms with Crippen molar-refractivity contribution in [1.82, 2.24) is 9.97 Å². The third-order valence-electron chi connectivity index (χ3n) is 3.64. The minimum atomic E-state index is 0.445. The molecule has 4 heteroatoms. The monoisotopic (exact) mass is 253 g/mol. The topological polar surface area (TPSA) is 37.8 Å². The van der Waals surface area contributed by atoms with Crippen molar-refractivity contribution in [2.24, 2.45) is 5.41 Å². The van der Waals surface area contributed by atoms with Gasteiger partial charge in [-0.1, -0.05) is 38.3 Å². The number of rotatable bonds is 5. The summed E-state index contributed by atoms with van der Waals surface area (Å²) >= 11 is 6.11. The first-order valence-corrected chi connectivity index (χ1v) is 6.76. The highest BCUT2D eigenvalue weighted by Gasteiger charge is 2.31. The fourth-order valence-corrected chi connectivity index (χ4v) is 2.50. The van der Waals surface area contributed by atoms with Crippen LogP contribution in [0.2, 0.25) is 5.15 Å². The van der Waals surface area contributed by atoms with Gasteiger partial charge in [-0.05, 0) is 24.7 Å². The van der Waals surface area contributed by atoms with Crippen molar-refractivity contribution in [1.29, 1.82) is 0 Å². The molecule has 94 valence electrons. The first-order chi connectivity index (χ1) is 8.14. The van der Waals surface area contributed by atoms with E-state index in [9.17, 15) is 0 Å². The summed E-state index contributed by atoms with van der Waals surface area (Å²) in [6, 6.07) is 0. The largest absolute Gasteiger partial charge is 0.369 e. The normalized spacial score (nSPS) is 17.6. The number of anilines is 1. The van der Waals surface area contributed by atoms with Gasteiger partial charge in [0, 0.05) is 12.1 Å². The second-order valence-corrected chi connectivity index (χ2v) is 5.62. The molecule has 1 aliphatic rings. The maximum atomic E-state index is 6.11. The smallest absolute Gasteiger partial charge is 0.137 e. The van der Waals surface area contributed by atoms with E-state index in [4.69, 9.17) is 11.6 Å². The molecule has 0 unspecified atom stereocenters. The van der Waals surface area contributed by atoms with E-state index in [0.717, 1.165) is 30.8 Å². The molecular formula is C13H20ClN3. The molecule has 0 radical (unpaired) electrons. The van der Waals surface area contributed by atoms with Gasteiger partial charge < -0.3 is 5.32 Å². The van der Waals surface area contributed by atoms with Crippen LogP contribution in [0.3, 0.4) is 0 Å². The Morgan fingerprint density at radius 1 is 1.41 bits per heavy atom. The summed E-state index contributed by atoms with van der Waals surface area (Å²) in [6.45, 7) is 5.45. The maximum absolute atomic E-state index is 6.11. The zero-order valence-electron chi connectivity index (χ0n) is 10.6. The van der Waals surface area contributed by atoms with Crippen molar-refractivity contribution >= 4 is 17.4 Å². The van der Waals surface area contributed by atoms with Crippen LogP contribution in [0.5, 0.6) is 0 Å². The number of nitrogens with zero attached hydrogens (tertiary/aromatic N) is 2. The lowest BCUT2D eigenvalue weighted by atomic mass is 9.70. The standard InChI is InChI=1S/C13H20ClN3/c1-3-5-10-11(14)16-9-17-12(10)15-8-13(2)6-4-7-13/h9H,3-8H2,1-2H3,(H,15,16,17). The minimum Gasteiger partial charge on any atom is -0.369 e. The molecule has 1 N–H and O–H groups in total. The fraction of sp³-hybridized carbons (Fsp3) is 0.692. The molecule has 1 aromatic rings. The van der Waals surface area contributed by atoms with E-state index in [1.165, 1.54) is 25.6 Å². The van der Waals surface area contributed by atoms with Crippen LogP contribution in [0.1, 0.15) is 45.1 Å². The summed E-state index contributed by atoms with van der Waals surface area (Å²) in [5, 5.41) is 4.03. The van der Waals surface area contributed by atoms with E-state index in [1.807, 2.05) is 0 Å². The van der Waals surface area contributed by atoms with Crippen LogP contribution >= 0.6 is 11.6 Å². The van der Waals surface area contributed by atoms with Crippen LogP contribution in [-0.2, 0) is 6.42 Å². The Bertz CT molecular complexity index is 388. The minimum absolute atomic E-state index is 0.445. The van der Waals surface area contributed by atoms with Gasteiger partial charge in [-0.25, -0.2) is 9.97 Å². The lowest BCUT2D eigenvalue weighted by Crippen LogP contribution is -2.33. The van der Waals surface area contributed by atoms with E-state index in [-0.39, 0.29) is 0 Å².